The smallest absolute Gasteiger partial charge is 0.222 e. The average molecular weight is 331 g/mol. The number of hydrogen-bond acceptors (Lipinski definition) is 4. The van der Waals surface area contributed by atoms with Crippen LogP contribution in [0.1, 0.15) is 56.3 Å². The molecule has 1 aliphatic carbocycles. The lowest BCUT2D eigenvalue weighted by Crippen LogP contribution is -2.49. The molecule has 1 aromatic heterocycles. The Labute approximate surface area is 144 Å². The van der Waals surface area contributed by atoms with Crippen molar-refractivity contribution in [1.82, 2.24) is 14.9 Å². The first-order valence-corrected chi connectivity index (χ1v) is 9.37. The minimum Gasteiger partial charge on any atom is -0.377 e. The highest BCUT2D eigenvalue weighted by Gasteiger charge is 2.28. The molecule has 5 heteroatoms. The molecule has 0 aromatic carbocycles. The molecule has 3 rings (SSSR count). The first kappa shape index (κ1) is 17.3. The van der Waals surface area contributed by atoms with Crippen molar-refractivity contribution in [2.75, 3.05) is 19.8 Å². The second-order valence-corrected chi connectivity index (χ2v) is 7.13. The van der Waals surface area contributed by atoms with Gasteiger partial charge in [0.1, 0.15) is 0 Å². The zero-order valence-corrected chi connectivity index (χ0v) is 14.7. The number of hydrogen-bond donors (Lipinski definition) is 0. The monoisotopic (exact) mass is 331 g/mol. The summed E-state index contributed by atoms with van der Waals surface area (Å²) >= 11 is 0. The van der Waals surface area contributed by atoms with Crippen molar-refractivity contribution in [2.24, 2.45) is 5.92 Å². The molecule has 2 fully saturated rings. The van der Waals surface area contributed by atoms with E-state index in [1.54, 1.807) is 12.4 Å². The lowest BCUT2D eigenvalue weighted by molar-refractivity contribution is -0.140. The molecule has 0 N–H and O–H groups in total. The van der Waals surface area contributed by atoms with Gasteiger partial charge in [-0.25, -0.2) is 0 Å². The van der Waals surface area contributed by atoms with Gasteiger partial charge in [-0.3, -0.25) is 14.8 Å². The number of ether oxygens (including phenoxy) is 1. The van der Waals surface area contributed by atoms with Gasteiger partial charge < -0.3 is 9.64 Å². The molecule has 0 spiro atoms. The first-order valence-electron chi connectivity index (χ1n) is 9.37. The average Bonchev–Trinajstić information content (AvgIpc) is 3.13. The van der Waals surface area contributed by atoms with Crippen LogP contribution in [0.5, 0.6) is 0 Å². The summed E-state index contributed by atoms with van der Waals surface area (Å²) in [5.74, 6) is 1.08. The molecule has 132 valence electrons. The standard InChI is InChI=1S/C19H29N3O2/c1-15-18(21-11-10-20-15)8-7-17-14-24-13-12-22(17)19(23)9-6-16-4-2-3-5-16/h10-11,16-17H,2-9,12-14H2,1H3/t17-/m1/s1. The summed E-state index contributed by atoms with van der Waals surface area (Å²) in [7, 11) is 0. The van der Waals surface area contributed by atoms with E-state index in [0.29, 0.717) is 25.5 Å². The summed E-state index contributed by atoms with van der Waals surface area (Å²) in [5.41, 5.74) is 2.01. The Morgan fingerprint density at radius 3 is 2.83 bits per heavy atom. The minimum absolute atomic E-state index is 0.177. The van der Waals surface area contributed by atoms with Crippen molar-refractivity contribution < 1.29 is 9.53 Å². The number of nitrogens with zero attached hydrogens (tertiary/aromatic N) is 3. The van der Waals surface area contributed by atoms with Gasteiger partial charge >= 0.3 is 0 Å². The third-order valence-electron chi connectivity index (χ3n) is 5.49. The highest BCUT2D eigenvalue weighted by molar-refractivity contribution is 5.76. The molecule has 1 amide bonds. The van der Waals surface area contributed by atoms with E-state index in [-0.39, 0.29) is 6.04 Å². The van der Waals surface area contributed by atoms with E-state index in [4.69, 9.17) is 4.74 Å². The quantitative estimate of drug-likeness (QED) is 0.804. The van der Waals surface area contributed by atoms with Crippen LogP contribution in [-0.2, 0) is 16.0 Å². The predicted molar refractivity (Wildman–Crippen MR) is 92.6 cm³/mol. The number of aromatic nitrogens is 2. The number of carbonyl (C=O) groups is 1. The van der Waals surface area contributed by atoms with Crippen molar-refractivity contribution >= 4 is 5.91 Å². The van der Waals surface area contributed by atoms with Gasteiger partial charge in [-0.05, 0) is 32.1 Å². The molecular weight excluding hydrogens is 302 g/mol. The fourth-order valence-corrected chi connectivity index (χ4v) is 3.98. The molecular formula is C19H29N3O2. The third-order valence-corrected chi connectivity index (χ3v) is 5.49. The predicted octanol–water partition coefficient (Wildman–Crippen LogP) is 2.92. The summed E-state index contributed by atoms with van der Waals surface area (Å²) in [4.78, 5) is 23.5. The Hall–Kier alpha value is -1.49. The highest BCUT2D eigenvalue weighted by Crippen LogP contribution is 2.29. The van der Waals surface area contributed by atoms with E-state index in [0.717, 1.165) is 43.1 Å². The lowest BCUT2D eigenvalue weighted by Gasteiger charge is -2.36. The number of aryl methyl sites for hydroxylation is 2. The van der Waals surface area contributed by atoms with Gasteiger partial charge in [0.15, 0.2) is 0 Å². The molecule has 0 unspecified atom stereocenters. The fourth-order valence-electron chi connectivity index (χ4n) is 3.98. The SMILES string of the molecule is Cc1nccnc1CC[C@@H]1COCCN1C(=O)CCC1CCCC1. The maximum atomic E-state index is 12.7. The van der Waals surface area contributed by atoms with Crippen molar-refractivity contribution in [3.8, 4) is 0 Å². The summed E-state index contributed by atoms with van der Waals surface area (Å²) in [6.45, 7) is 4.03. The Morgan fingerprint density at radius 2 is 2.04 bits per heavy atom. The van der Waals surface area contributed by atoms with Crippen LogP contribution < -0.4 is 0 Å². The summed E-state index contributed by atoms with van der Waals surface area (Å²) in [6.07, 6.45) is 12.3. The van der Waals surface area contributed by atoms with Gasteiger partial charge in [0.05, 0.1) is 30.6 Å². The van der Waals surface area contributed by atoms with Gasteiger partial charge in [0, 0.05) is 25.4 Å². The molecule has 0 radical (unpaired) electrons. The molecule has 0 bridgehead atoms. The van der Waals surface area contributed by atoms with E-state index in [1.165, 1.54) is 25.7 Å². The van der Waals surface area contributed by atoms with E-state index in [9.17, 15) is 4.79 Å². The van der Waals surface area contributed by atoms with Crippen LogP contribution in [0.2, 0.25) is 0 Å². The molecule has 1 saturated carbocycles. The Morgan fingerprint density at radius 1 is 1.25 bits per heavy atom. The molecule has 2 aliphatic rings. The maximum Gasteiger partial charge on any atom is 0.222 e. The van der Waals surface area contributed by atoms with Crippen LogP contribution in [0.3, 0.4) is 0 Å². The Balaban J connectivity index is 1.52. The van der Waals surface area contributed by atoms with E-state index in [2.05, 4.69) is 14.9 Å². The zero-order chi connectivity index (χ0) is 16.8. The number of amides is 1. The van der Waals surface area contributed by atoms with Gasteiger partial charge in [-0.15, -0.1) is 0 Å². The number of carbonyl (C=O) groups excluding carboxylic acids is 1. The summed E-state index contributed by atoms with van der Waals surface area (Å²) in [6, 6.07) is 0.177. The molecule has 1 aliphatic heterocycles. The van der Waals surface area contributed by atoms with Crippen LogP contribution in [-0.4, -0.2) is 46.6 Å². The highest BCUT2D eigenvalue weighted by atomic mass is 16.5. The summed E-state index contributed by atoms with van der Waals surface area (Å²) in [5, 5.41) is 0. The third kappa shape index (κ3) is 4.53. The molecule has 1 atom stereocenters. The van der Waals surface area contributed by atoms with Gasteiger partial charge in [0.25, 0.3) is 0 Å². The second-order valence-electron chi connectivity index (χ2n) is 7.13. The lowest BCUT2D eigenvalue weighted by atomic mass is 10.00. The van der Waals surface area contributed by atoms with Crippen molar-refractivity contribution in [1.29, 1.82) is 0 Å². The first-order chi connectivity index (χ1) is 11.7. The van der Waals surface area contributed by atoms with Gasteiger partial charge in [0.2, 0.25) is 5.91 Å². The number of morpholine rings is 1. The Bertz CT molecular complexity index is 543. The van der Waals surface area contributed by atoms with Crippen molar-refractivity contribution in [3.05, 3.63) is 23.8 Å². The van der Waals surface area contributed by atoms with E-state index >= 15 is 0 Å². The van der Waals surface area contributed by atoms with Crippen LogP contribution in [0.4, 0.5) is 0 Å². The minimum atomic E-state index is 0.177. The van der Waals surface area contributed by atoms with E-state index in [1.807, 2.05) is 6.92 Å². The topological polar surface area (TPSA) is 55.3 Å². The molecule has 1 aromatic rings. The molecule has 2 heterocycles. The zero-order valence-electron chi connectivity index (χ0n) is 14.7. The summed E-state index contributed by atoms with van der Waals surface area (Å²) < 4.78 is 5.63. The van der Waals surface area contributed by atoms with Crippen LogP contribution >= 0.6 is 0 Å². The normalized spacial score (nSPS) is 22.0. The Kier molecular flexibility index (Phi) is 6.18. The van der Waals surface area contributed by atoms with E-state index < -0.39 is 0 Å². The number of rotatable bonds is 6. The largest absolute Gasteiger partial charge is 0.377 e. The molecule has 1 saturated heterocycles. The van der Waals surface area contributed by atoms with Crippen molar-refractivity contribution in [3.63, 3.8) is 0 Å². The van der Waals surface area contributed by atoms with Crippen LogP contribution in [0.25, 0.3) is 0 Å². The van der Waals surface area contributed by atoms with Gasteiger partial charge in [-0.2, -0.15) is 0 Å². The van der Waals surface area contributed by atoms with Crippen LogP contribution in [0, 0.1) is 12.8 Å². The maximum absolute atomic E-state index is 12.7. The van der Waals surface area contributed by atoms with Crippen LogP contribution in [0.15, 0.2) is 12.4 Å². The molecule has 5 nitrogen and oxygen atoms in total. The molecule has 24 heavy (non-hydrogen) atoms. The second kappa shape index (κ2) is 8.56. The van der Waals surface area contributed by atoms with Crippen molar-refractivity contribution in [2.45, 2.75) is 64.3 Å². The van der Waals surface area contributed by atoms with Gasteiger partial charge in [-0.1, -0.05) is 25.7 Å². The fraction of sp³-hybridized carbons (Fsp3) is 0.737.